The summed E-state index contributed by atoms with van der Waals surface area (Å²) in [7, 11) is 0. The van der Waals surface area contributed by atoms with Crippen LogP contribution in [0.25, 0.3) is 0 Å². The van der Waals surface area contributed by atoms with Gasteiger partial charge in [-0.25, -0.2) is 4.99 Å². The molecular formula is C29H34N4O2. The van der Waals surface area contributed by atoms with Crippen LogP contribution in [0.5, 0.6) is 0 Å². The summed E-state index contributed by atoms with van der Waals surface area (Å²) in [6.07, 6.45) is 8.33. The number of rotatable bonds is 9. The van der Waals surface area contributed by atoms with Crippen molar-refractivity contribution in [1.82, 2.24) is 4.90 Å². The lowest BCUT2D eigenvalue weighted by molar-refractivity contribution is -0.131. The first-order chi connectivity index (χ1) is 16.9. The van der Waals surface area contributed by atoms with Gasteiger partial charge in [0.15, 0.2) is 5.96 Å². The van der Waals surface area contributed by atoms with Crippen LogP contribution in [0.15, 0.2) is 53.5 Å². The molecule has 2 aliphatic rings. The highest BCUT2D eigenvalue weighted by Gasteiger charge is 2.45. The molecule has 6 nitrogen and oxygen atoms in total. The molecule has 2 aromatic carbocycles. The van der Waals surface area contributed by atoms with Crippen LogP contribution in [-0.2, 0) is 29.0 Å². The number of ketones is 1. The molecule has 2 aromatic rings. The van der Waals surface area contributed by atoms with Crippen LogP contribution >= 0.6 is 0 Å². The number of carbonyl (C=O) groups is 2. The fourth-order valence-corrected chi connectivity index (χ4v) is 5.34. The standard InChI is InChI=1S/C29H34N4O2/c1-29(18-22-6-3-2-4-7-22)27(35)33(28(31)32-29)20-23-12-10-21(11-13-23)14-15-26(34)17-24-8-5-9-25(16-24)19-30/h5,8-13,16,22H,2-4,6-7,14-15,17-18,20H2,1H3,(H2,31,32). The van der Waals surface area contributed by atoms with Crippen molar-refractivity contribution < 1.29 is 9.59 Å². The molecular weight excluding hydrogens is 436 g/mol. The topological polar surface area (TPSA) is 99.5 Å². The molecule has 2 N–H and O–H groups in total. The summed E-state index contributed by atoms with van der Waals surface area (Å²) in [6, 6.07) is 17.3. The zero-order valence-electron chi connectivity index (χ0n) is 20.5. The van der Waals surface area contributed by atoms with Crippen LogP contribution in [0.1, 0.15) is 74.1 Å². The van der Waals surface area contributed by atoms with Crippen molar-refractivity contribution in [1.29, 1.82) is 5.26 Å². The van der Waals surface area contributed by atoms with E-state index in [4.69, 9.17) is 11.0 Å². The first-order valence-corrected chi connectivity index (χ1v) is 12.6. The number of Topliss-reactive ketones (excluding diaryl/α,β-unsaturated/α-hetero) is 1. The van der Waals surface area contributed by atoms with Crippen molar-refractivity contribution in [3.8, 4) is 6.07 Å². The Kier molecular flexibility index (Phi) is 7.65. The summed E-state index contributed by atoms with van der Waals surface area (Å²) < 4.78 is 0. The maximum Gasteiger partial charge on any atom is 0.257 e. The Bertz CT molecular complexity index is 1140. The zero-order chi connectivity index (χ0) is 24.8. The number of benzene rings is 2. The fourth-order valence-electron chi connectivity index (χ4n) is 5.34. The minimum atomic E-state index is -0.751. The summed E-state index contributed by atoms with van der Waals surface area (Å²) >= 11 is 0. The molecule has 182 valence electrons. The van der Waals surface area contributed by atoms with Gasteiger partial charge in [-0.15, -0.1) is 0 Å². The van der Waals surface area contributed by atoms with Gasteiger partial charge in [-0.2, -0.15) is 5.26 Å². The molecule has 1 amide bonds. The lowest BCUT2D eigenvalue weighted by Gasteiger charge is -2.29. The van der Waals surface area contributed by atoms with Gasteiger partial charge in [-0.3, -0.25) is 14.5 Å². The van der Waals surface area contributed by atoms with Crippen molar-refractivity contribution in [2.24, 2.45) is 16.6 Å². The predicted octanol–water partition coefficient (Wildman–Crippen LogP) is 4.69. The Morgan fingerprint density at radius 1 is 1.11 bits per heavy atom. The molecule has 4 rings (SSSR count). The molecule has 1 aliphatic heterocycles. The van der Waals surface area contributed by atoms with Crippen LogP contribution in [0.2, 0.25) is 0 Å². The highest BCUT2D eigenvalue weighted by atomic mass is 16.2. The summed E-state index contributed by atoms with van der Waals surface area (Å²) in [4.78, 5) is 31.8. The van der Waals surface area contributed by atoms with Crippen molar-refractivity contribution in [3.63, 3.8) is 0 Å². The molecule has 0 bridgehead atoms. The molecule has 1 saturated carbocycles. The highest BCUT2D eigenvalue weighted by Crippen LogP contribution is 2.35. The molecule has 0 saturated heterocycles. The van der Waals surface area contributed by atoms with Gasteiger partial charge < -0.3 is 5.73 Å². The number of hydrogen-bond donors (Lipinski definition) is 1. The molecule has 1 fully saturated rings. The zero-order valence-corrected chi connectivity index (χ0v) is 20.5. The number of guanidine groups is 1. The molecule has 1 heterocycles. The van der Waals surface area contributed by atoms with E-state index < -0.39 is 5.54 Å². The quantitative estimate of drug-likeness (QED) is 0.575. The third-order valence-electron chi connectivity index (χ3n) is 7.27. The van der Waals surface area contributed by atoms with Gasteiger partial charge in [-0.1, -0.05) is 68.5 Å². The minimum Gasteiger partial charge on any atom is -0.369 e. The monoisotopic (exact) mass is 470 g/mol. The van der Waals surface area contributed by atoms with E-state index in [-0.39, 0.29) is 11.7 Å². The number of amides is 1. The van der Waals surface area contributed by atoms with E-state index in [1.807, 2.05) is 37.3 Å². The fraction of sp³-hybridized carbons (Fsp3) is 0.448. The Hall–Kier alpha value is -3.46. The molecule has 35 heavy (non-hydrogen) atoms. The van der Waals surface area contributed by atoms with E-state index in [0.29, 0.717) is 43.2 Å². The molecule has 0 spiro atoms. The van der Waals surface area contributed by atoms with Crippen LogP contribution in [0.4, 0.5) is 0 Å². The maximum absolute atomic E-state index is 13.2. The second kappa shape index (κ2) is 10.9. The average Bonchev–Trinajstić information content (AvgIpc) is 3.07. The van der Waals surface area contributed by atoms with E-state index in [1.54, 1.807) is 23.1 Å². The van der Waals surface area contributed by atoms with Gasteiger partial charge in [0.25, 0.3) is 5.91 Å². The van der Waals surface area contributed by atoms with Crippen molar-refractivity contribution in [2.45, 2.75) is 76.8 Å². The first kappa shape index (κ1) is 24.7. The summed E-state index contributed by atoms with van der Waals surface area (Å²) in [5.41, 5.74) is 8.94. The van der Waals surface area contributed by atoms with Crippen LogP contribution in [0.3, 0.4) is 0 Å². The SMILES string of the molecule is CC1(CC2CCCCC2)N=C(N)N(Cc2ccc(CCC(=O)Cc3cccc(C#N)c3)cc2)C1=O. The first-order valence-electron chi connectivity index (χ1n) is 12.6. The van der Waals surface area contributed by atoms with Crippen LogP contribution < -0.4 is 5.73 Å². The van der Waals surface area contributed by atoms with Gasteiger partial charge in [0, 0.05) is 12.8 Å². The van der Waals surface area contributed by atoms with Gasteiger partial charge in [0.05, 0.1) is 18.2 Å². The Morgan fingerprint density at radius 3 is 2.54 bits per heavy atom. The molecule has 6 heteroatoms. The van der Waals surface area contributed by atoms with Gasteiger partial charge in [0.2, 0.25) is 0 Å². The Labute approximate surface area is 207 Å². The Balaban J connectivity index is 1.29. The average molecular weight is 471 g/mol. The van der Waals surface area contributed by atoms with Crippen LogP contribution in [0, 0.1) is 17.2 Å². The highest BCUT2D eigenvalue weighted by molar-refractivity contribution is 6.06. The lowest BCUT2D eigenvalue weighted by Crippen LogP contribution is -2.43. The van der Waals surface area contributed by atoms with Crippen molar-refractivity contribution >= 4 is 17.6 Å². The summed E-state index contributed by atoms with van der Waals surface area (Å²) in [5.74, 6) is 0.999. The number of nitrogens with two attached hydrogens (primary N) is 1. The van der Waals surface area contributed by atoms with Crippen molar-refractivity contribution in [2.75, 3.05) is 0 Å². The number of hydrogen-bond acceptors (Lipinski definition) is 5. The van der Waals surface area contributed by atoms with E-state index in [0.717, 1.165) is 23.1 Å². The van der Waals surface area contributed by atoms with E-state index in [1.165, 1.54) is 32.1 Å². The second-order valence-corrected chi connectivity index (χ2v) is 10.2. The largest absolute Gasteiger partial charge is 0.369 e. The molecule has 0 radical (unpaired) electrons. The summed E-state index contributed by atoms with van der Waals surface area (Å²) in [5, 5.41) is 9.01. The number of nitrogens with zero attached hydrogens (tertiary/aromatic N) is 3. The summed E-state index contributed by atoms with van der Waals surface area (Å²) in [6.45, 7) is 2.33. The maximum atomic E-state index is 13.2. The van der Waals surface area contributed by atoms with E-state index in [2.05, 4.69) is 11.1 Å². The minimum absolute atomic E-state index is 0.00397. The molecule has 1 unspecified atom stereocenters. The number of nitriles is 1. The van der Waals surface area contributed by atoms with Gasteiger partial charge >= 0.3 is 0 Å². The molecule has 0 aromatic heterocycles. The van der Waals surface area contributed by atoms with Gasteiger partial charge in [0.1, 0.15) is 11.3 Å². The normalized spacial score (nSPS) is 20.5. The number of aryl methyl sites for hydroxylation is 1. The molecule has 1 atom stereocenters. The number of carbonyl (C=O) groups excluding carboxylic acids is 2. The van der Waals surface area contributed by atoms with Crippen molar-refractivity contribution in [3.05, 3.63) is 70.8 Å². The molecule has 1 aliphatic carbocycles. The van der Waals surface area contributed by atoms with E-state index in [9.17, 15) is 9.59 Å². The Morgan fingerprint density at radius 2 is 1.83 bits per heavy atom. The van der Waals surface area contributed by atoms with Gasteiger partial charge in [-0.05, 0) is 54.5 Å². The van der Waals surface area contributed by atoms with E-state index >= 15 is 0 Å². The smallest absolute Gasteiger partial charge is 0.257 e. The van der Waals surface area contributed by atoms with Crippen LogP contribution in [-0.4, -0.2) is 28.1 Å². The lowest BCUT2D eigenvalue weighted by atomic mass is 9.80. The third-order valence-corrected chi connectivity index (χ3v) is 7.27. The predicted molar refractivity (Wildman–Crippen MR) is 136 cm³/mol. The second-order valence-electron chi connectivity index (χ2n) is 10.2. The third kappa shape index (κ3) is 6.16. The number of aliphatic imine (C=N–C) groups is 1.